The van der Waals surface area contributed by atoms with E-state index >= 15 is 0 Å². The highest BCUT2D eigenvalue weighted by atomic mass is 16.3. The first kappa shape index (κ1) is 11.9. The van der Waals surface area contributed by atoms with Crippen LogP contribution in [-0.4, -0.2) is 0 Å². The summed E-state index contributed by atoms with van der Waals surface area (Å²) >= 11 is 0. The van der Waals surface area contributed by atoms with Crippen molar-refractivity contribution in [2.75, 3.05) is 0 Å². The van der Waals surface area contributed by atoms with Gasteiger partial charge in [-0.3, -0.25) is 0 Å². The standard InChI is InChI=1S/C15H19NO/c1-12(2)14-7-5-13(6-8-14)10-16-11-15-4-3-9-17-15/h3-9,12,16H,10-11H2,1-2H3. The maximum absolute atomic E-state index is 5.26. The van der Waals surface area contributed by atoms with Gasteiger partial charge in [0, 0.05) is 6.54 Å². The molecule has 0 spiro atoms. The van der Waals surface area contributed by atoms with Gasteiger partial charge in [0.2, 0.25) is 0 Å². The van der Waals surface area contributed by atoms with Crippen LogP contribution in [0, 0.1) is 0 Å². The van der Waals surface area contributed by atoms with Crippen molar-refractivity contribution in [2.24, 2.45) is 0 Å². The molecule has 2 rings (SSSR count). The number of furan rings is 1. The Morgan fingerprint density at radius 1 is 1.06 bits per heavy atom. The molecule has 1 heterocycles. The van der Waals surface area contributed by atoms with Crippen molar-refractivity contribution in [2.45, 2.75) is 32.9 Å². The minimum Gasteiger partial charge on any atom is -0.468 e. The molecule has 0 amide bonds. The van der Waals surface area contributed by atoms with Crippen molar-refractivity contribution in [3.05, 3.63) is 59.5 Å². The van der Waals surface area contributed by atoms with E-state index in [4.69, 9.17) is 4.42 Å². The molecule has 0 radical (unpaired) electrons. The van der Waals surface area contributed by atoms with Gasteiger partial charge in [0.05, 0.1) is 12.8 Å². The molecule has 0 aliphatic rings. The zero-order valence-corrected chi connectivity index (χ0v) is 10.4. The van der Waals surface area contributed by atoms with E-state index < -0.39 is 0 Å². The number of hydrogen-bond donors (Lipinski definition) is 1. The van der Waals surface area contributed by atoms with E-state index in [9.17, 15) is 0 Å². The second-order valence-electron chi connectivity index (χ2n) is 4.58. The summed E-state index contributed by atoms with van der Waals surface area (Å²) in [5, 5.41) is 3.36. The second kappa shape index (κ2) is 5.69. The fraction of sp³-hybridized carbons (Fsp3) is 0.333. The Balaban J connectivity index is 1.83. The van der Waals surface area contributed by atoms with E-state index in [1.165, 1.54) is 11.1 Å². The van der Waals surface area contributed by atoms with Crippen LogP contribution >= 0.6 is 0 Å². The van der Waals surface area contributed by atoms with Gasteiger partial charge in [-0.2, -0.15) is 0 Å². The van der Waals surface area contributed by atoms with E-state index in [-0.39, 0.29) is 0 Å². The molecule has 0 aliphatic heterocycles. The van der Waals surface area contributed by atoms with Crippen LogP contribution in [0.25, 0.3) is 0 Å². The second-order valence-corrected chi connectivity index (χ2v) is 4.58. The normalized spacial score (nSPS) is 11.0. The van der Waals surface area contributed by atoms with Gasteiger partial charge in [0.1, 0.15) is 5.76 Å². The molecule has 1 aromatic carbocycles. The zero-order chi connectivity index (χ0) is 12.1. The zero-order valence-electron chi connectivity index (χ0n) is 10.4. The lowest BCUT2D eigenvalue weighted by Gasteiger charge is -2.07. The van der Waals surface area contributed by atoms with E-state index in [1.54, 1.807) is 6.26 Å². The first-order chi connectivity index (χ1) is 8.25. The van der Waals surface area contributed by atoms with Gasteiger partial charge >= 0.3 is 0 Å². The third-order valence-corrected chi connectivity index (χ3v) is 2.85. The third-order valence-electron chi connectivity index (χ3n) is 2.85. The van der Waals surface area contributed by atoms with Crippen molar-refractivity contribution in [1.29, 1.82) is 0 Å². The SMILES string of the molecule is CC(C)c1ccc(CNCc2ccco2)cc1. The molecule has 90 valence electrons. The lowest BCUT2D eigenvalue weighted by Crippen LogP contribution is -2.12. The van der Waals surface area contributed by atoms with E-state index in [0.717, 1.165) is 18.8 Å². The highest BCUT2D eigenvalue weighted by molar-refractivity contribution is 5.24. The Morgan fingerprint density at radius 3 is 2.41 bits per heavy atom. The lowest BCUT2D eigenvalue weighted by molar-refractivity contribution is 0.483. The Kier molecular flexibility index (Phi) is 3.99. The van der Waals surface area contributed by atoms with Gasteiger partial charge in [-0.05, 0) is 29.2 Å². The molecule has 0 saturated heterocycles. The molecule has 2 nitrogen and oxygen atoms in total. The van der Waals surface area contributed by atoms with Gasteiger partial charge in [0.15, 0.2) is 0 Å². The number of nitrogens with one attached hydrogen (secondary N) is 1. The predicted octanol–water partition coefficient (Wildman–Crippen LogP) is 3.69. The Labute approximate surface area is 103 Å². The van der Waals surface area contributed by atoms with Crippen LogP contribution in [0.1, 0.15) is 36.7 Å². The first-order valence-corrected chi connectivity index (χ1v) is 6.07. The Bertz CT molecular complexity index is 428. The molecule has 0 aliphatic carbocycles. The summed E-state index contributed by atoms with van der Waals surface area (Å²) in [5.41, 5.74) is 2.70. The molecule has 2 aromatic rings. The Hall–Kier alpha value is -1.54. The molecule has 0 saturated carbocycles. The fourth-order valence-corrected chi connectivity index (χ4v) is 1.76. The van der Waals surface area contributed by atoms with Gasteiger partial charge in [-0.25, -0.2) is 0 Å². The quantitative estimate of drug-likeness (QED) is 0.845. The Morgan fingerprint density at radius 2 is 1.82 bits per heavy atom. The van der Waals surface area contributed by atoms with Crippen LogP contribution < -0.4 is 5.32 Å². The molecular formula is C15H19NO. The molecule has 17 heavy (non-hydrogen) atoms. The predicted molar refractivity (Wildman–Crippen MR) is 69.8 cm³/mol. The van der Waals surface area contributed by atoms with Crippen molar-refractivity contribution >= 4 is 0 Å². The molecular weight excluding hydrogens is 210 g/mol. The number of rotatable bonds is 5. The van der Waals surface area contributed by atoms with Crippen molar-refractivity contribution < 1.29 is 4.42 Å². The van der Waals surface area contributed by atoms with Gasteiger partial charge < -0.3 is 9.73 Å². The summed E-state index contributed by atoms with van der Waals surface area (Å²) in [6.07, 6.45) is 1.70. The average molecular weight is 229 g/mol. The monoisotopic (exact) mass is 229 g/mol. The summed E-state index contributed by atoms with van der Waals surface area (Å²) in [5.74, 6) is 1.57. The average Bonchev–Trinajstić information content (AvgIpc) is 2.83. The highest BCUT2D eigenvalue weighted by Crippen LogP contribution is 2.14. The van der Waals surface area contributed by atoms with E-state index in [1.807, 2.05) is 12.1 Å². The maximum atomic E-state index is 5.26. The minimum absolute atomic E-state index is 0.597. The topological polar surface area (TPSA) is 25.2 Å². The molecule has 1 N–H and O–H groups in total. The fourth-order valence-electron chi connectivity index (χ4n) is 1.76. The van der Waals surface area contributed by atoms with Crippen molar-refractivity contribution in [3.8, 4) is 0 Å². The van der Waals surface area contributed by atoms with Crippen LogP contribution in [0.5, 0.6) is 0 Å². The first-order valence-electron chi connectivity index (χ1n) is 6.07. The largest absolute Gasteiger partial charge is 0.468 e. The van der Waals surface area contributed by atoms with Gasteiger partial charge in [-0.1, -0.05) is 38.1 Å². The molecule has 0 unspecified atom stereocenters. The number of benzene rings is 1. The molecule has 1 aromatic heterocycles. The summed E-state index contributed by atoms with van der Waals surface area (Å²) in [4.78, 5) is 0. The maximum Gasteiger partial charge on any atom is 0.117 e. The summed E-state index contributed by atoms with van der Waals surface area (Å²) in [7, 11) is 0. The van der Waals surface area contributed by atoms with Gasteiger partial charge in [-0.15, -0.1) is 0 Å². The summed E-state index contributed by atoms with van der Waals surface area (Å²) in [6.45, 7) is 6.08. The van der Waals surface area contributed by atoms with Crippen molar-refractivity contribution in [3.63, 3.8) is 0 Å². The molecule has 0 bridgehead atoms. The van der Waals surface area contributed by atoms with E-state index in [0.29, 0.717) is 5.92 Å². The third kappa shape index (κ3) is 3.46. The van der Waals surface area contributed by atoms with Crippen molar-refractivity contribution in [1.82, 2.24) is 5.32 Å². The van der Waals surface area contributed by atoms with Crippen LogP contribution in [0.3, 0.4) is 0 Å². The van der Waals surface area contributed by atoms with Gasteiger partial charge in [0.25, 0.3) is 0 Å². The molecule has 0 atom stereocenters. The summed E-state index contributed by atoms with van der Waals surface area (Å²) < 4.78 is 5.26. The highest BCUT2D eigenvalue weighted by Gasteiger charge is 1.99. The van der Waals surface area contributed by atoms with Crippen LogP contribution in [0.15, 0.2) is 47.1 Å². The number of hydrogen-bond acceptors (Lipinski definition) is 2. The van der Waals surface area contributed by atoms with Crippen LogP contribution in [0.2, 0.25) is 0 Å². The van der Waals surface area contributed by atoms with E-state index in [2.05, 4.69) is 43.4 Å². The minimum atomic E-state index is 0.597. The molecule has 0 fully saturated rings. The van der Waals surface area contributed by atoms with Crippen LogP contribution in [-0.2, 0) is 13.1 Å². The van der Waals surface area contributed by atoms with Crippen LogP contribution in [0.4, 0.5) is 0 Å². The smallest absolute Gasteiger partial charge is 0.117 e. The molecule has 2 heteroatoms. The lowest BCUT2D eigenvalue weighted by atomic mass is 10.0. The summed E-state index contributed by atoms with van der Waals surface area (Å²) in [6, 6.07) is 12.7.